The molecule has 4 aromatic rings. The number of nitrogens with one attached hydrogen (secondary N) is 1. The molecule has 1 fully saturated rings. The van der Waals surface area contributed by atoms with Gasteiger partial charge in [-0.25, -0.2) is 8.42 Å². The van der Waals surface area contributed by atoms with Crippen molar-refractivity contribution >= 4 is 27.5 Å². The van der Waals surface area contributed by atoms with Gasteiger partial charge in [0.1, 0.15) is 12.6 Å². The summed E-state index contributed by atoms with van der Waals surface area (Å²) in [5.74, 6) is -0.679. The van der Waals surface area contributed by atoms with E-state index in [2.05, 4.69) is 5.32 Å². The predicted octanol–water partition coefficient (Wildman–Crippen LogP) is 6.51. The lowest BCUT2D eigenvalue weighted by atomic mass is 10.0. The predicted molar refractivity (Wildman–Crippen MR) is 183 cm³/mol. The molecule has 5 rings (SSSR count). The molecule has 0 aromatic heterocycles. The van der Waals surface area contributed by atoms with Crippen LogP contribution in [0, 0.1) is 20.8 Å². The molecular formula is C38H43N3O4S. The van der Waals surface area contributed by atoms with Gasteiger partial charge in [-0.15, -0.1) is 0 Å². The van der Waals surface area contributed by atoms with Crippen molar-refractivity contribution in [3.8, 4) is 0 Å². The highest BCUT2D eigenvalue weighted by atomic mass is 32.2. The first-order valence-corrected chi connectivity index (χ1v) is 17.4. The maximum absolute atomic E-state index is 14.7. The molecule has 1 saturated carbocycles. The Balaban J connectivity index is 1.57. The normalized spacial score (nSPS) is 14.1. The van der Waals surface area contributed by atoms with Crippen molar-refractivity contribution in [2.75, 3.05) is 10.8 Å². The van der Waals surface area contributed by atoms with Crippen LogP contribution in [0.2, 0.25) is 0 Å². The van der Waals surface area contributed by atoms with E-state index < -0.39 is 28.5 Å². The molecule has 4 aromatic carbocycles. The summed E-state index contributed by atoms with van der Waals surface area (Å²) in [5, 5.41) is 3.22. The van der Waals surface area contributed by atoms with Gasteiger partial charge in [0.05, 0.1) is 10.6 Å². The number of nitrogens with zero attached hydrogens (tertiary/aromatic N) is 2. The minimum absolute atomic E-state index is 0.0630. The summed E-state index contributed by atoms with van der Waals surface area (Å²) in [5.41, 5.74) is 4.84. The summed E-state index contributed by atoms with van der Waals surface area (Å²) < 4.78 is 29.8. The van der Waals surface area contributed by atoms with Crippen LogP contribution in [0.25, 0.3) is 0 Å². The molecule has 2 amide bonds. The number of anilines is 1. The van der Waals surface area contributed by atoms with E-state index in [0.29, 0.717) is 12.1 Å². The second kappa shape index (κ2) is 14.8. The van der Waals surface area contributed by atoms with Gasteiger partial charge in [0.15, 0.2) is 0 Å². The van der Waals surface area contributed by atoms with Gasteiger partial charge in [-0.2, -0.15) is 0 Å². The van der Waals surface area contributed by atoms with Crippen LogP contribution in [0.5, 0.6) is 0 Å². The Bertz CT molecular complexity index is 1740. The second-order valence-corrected chi connectivity index (χ2v) is 14.2. The monoisotopic (exact) mass is 637 g/mol. The molecule has 1 N–H and O–H groups in total. The number of rotatable bonds is 12. The van der Waals surface area contributed by atoms with Gasteiger partial charge < -0.3 is 10.2 Å². The number of benzene rings is 4. The van der Waals surface area contributed by atoms with Crippen molar-refractivity contribution in [3.63, 3.8) is 0 Å². The zero-order valence-corrected chi connectivity index (χ0v) is 27.7. The van der Waals surface area contributed by atoms with E-state index in [1.54, 1.807) is 35.2 Å². The highest BCUT2D eigenvalue weighted by Gasteiger charge is 2.36. The topological polar surface area (TPSA) is 86.8 Å². The molecule has 240 valence electrons. The quantitative estimate of drug-likeness (QED) is 0.192. The Morgan fingerprint density at radius 1 is 0.783 bits per heavy atom. The first-order chi connectivity index (χ1) is 22.1. The van der Waals surface area contributed by atoms with E-state index in [9.17, 15) is 18.0 Å². The number of carbonyl (C=O) groups is 2. The fraction of sp³-hybridized carbons (Fsp3) is 0.316. The Hall–Kier alpha value is -4.43. The van der Waals surface area contributed by atoms with Gasteiger partial charge in [-0.1, -0.05) is 109 Å². The van der Waals surface area contributed by atoms with Gasteiger partial charge >= 0.3 is 0 Å². The molecular weight excluding hydrogens is 595 g/mol. The van der Waals surface area contributed by atoms with E-state index in [1.807, 2.05) is 93.6 Å². The number of carbonyl (C=O) groups excluding carboxylic acids is 2. The summed E-state index contributed by atoms with van der Waals surface area (Å²) >= 11 is 0. The van der Waals surface area contributed by atoms with Gasteiger partial charge in [0.25, 0.3) is 10.0 Å². The molecule has 1 atom stereocenters. The largest absolute Gasteiger partial charge is 0.352 e. The van der Waals surface area contributed by atoms with Gasteiger partial charge in [0.2, 0.25) is 11.8 Å². The van der Waals surface area contributed by atoms with E-state index >= 15 is 0 Å². The van der Waals surface area contributed by atoms with Crippen LogP contribution in [-0.4, -0.2) is 43.8 Å². The number of hydrogen-bond acceptors (Lipinski definition) is 4. The minimum Gasteiger partial charge on any atom is -0.352 e. The molecule has 1 unspecified atom stereocenters. The zero-order chi connectivity index (χ0) is 32.7. The fourth-order valence-corrected chi connectivity index (χ4v) is 7.62. The van der Waals surface area contributed by atoms with E-state index in [4.69, 9.17) is 0 Å². The third kappa shape index (κ3) is 8.04. The zero-order valence-electron chi connectivity index (χ0n) is 26.9. The maximum Gasteiger partial charge on any atom is 0.264 e. The molecule has 0 bridgehead atoms. The summed E-state index contributed by atoms with van der Waals surface area (Å²) in [6.45, 7) is 5.38. The first-order valence-electron chi connectivity index (χ1n) is 16.0. The van der Waals surface area contributed by atoms with Crippen molar-refractivity contribution in [3.05, 3.63) is 131 Å². The van der Waals surface area contributed by atoms with Crippen LogP contribution in [0.15, 0.2) is 108 Å². The number of aryl methyl sites for hydroxylation is 3. The van der Waals surface area contributed by atoms with E-state index in [-0.39, 0.29) is 23.4 Å². The summed E-state index contributed by atoms with van der Waals surface area (Å²) in [6.07, 6.45) is 4.23. The number of sulfonamides is 1. The smallest absolute Gasteiger partial charge is 0.264 e. The fourth-order valence-electron chi connectivity index (χ4n) is 6.14. The molecule has 7 nitrogen and oxygen atoms in total. The van der Waals surface area contributed by atoms with E-state index in [0.717, 1.165) is 53.5 Å². The highest BCUT2D eigenvalue weighted by Crippen LogP contribution is 2.29. The molecule has 0 aliphatic heterocycles. The van der Waals surface area contributed by atoms with Crippen LogP contribution >= 0.6 is 0 Å². The Kier molecular flexibility index (Phi) is 10.6. The lowest BCUT2D eigenvalue weighted by Gasteiger charge is -2.34. The molecule has 0 spiro atoms. The van der Waals surface area contributed by atoms with Crippen LogP contribution in [0.4, 0.5) is 5.69 Å². The standard InChI is InChI=1S/C38H43N3O4S/c1-28-18-21-34(22-19-28)46(44,45)41(35-23-20-29(2)24-30(35)3)27-37(42)40(26-32-14-8-5-9-15-32)36(25-31-12-6-4-7-13-31)38(43)39-33-16-10-11-17-33/h4-9,12-15,18-24,33,36H,10-11,16-17,25-27H2,1-3H3,(H,39,43). The van der Waals surface area contributed by atoms with Crippen LogP contribution < -0.4 is 9.62 Å². The van der Waals surface area contributed by atoms with Gasteiger partial charge in [0, 0.05) is 19.0 Å². The Morgan fingerprint density at radius 3 is 1.98 bits per heavy atom. The second-order valence-electron chi connectivity index (χ2n) is 12.3. The Labute approximate surface area is 273 Å². The first kappa shape index (κ1) is 32.9. The Morgan fingerprint density at radius 2 is 1.37 bits per heavy atom. The van der Waals surface area contributed by atoms with Crippen molar-refractivity contribution in [1.82, 2.24) is 10.2 Å². The highest BCUT2D eigenvalue weighted by molar-refractivity contribution is 7.92. The van der Waals surface area contributed by atoms with Crippen LogP contribution in [0.1, 0.15) is 53.5 Å². The molecule has 1 aliphatic carbocycles. The van der Waals surface area contributed by atoms with Gasteiger partial charge in [-0.05, 0) is 68.5 Å². The molecule has 0 radical (unpaired) electrons. The molecule has 1 aliphatic rings. The van der Waals surface area contributed by atoms with E-state index in [1.165, 1.54) is 4.31 Å². The average molecular weight is 638 g/mol. The third-order valence-electron chi connectivity index (χ3n) is 8.68. The maximum atomic E-state index is 14.7. The van der Waals surface area contributed by atoms with Crippen LogP contribution in [0.3, 0.4) is 0 Å². The summed E-state index contributed by atoms with van der Waals surface area (Å²) in [7, 11) is -4.15. The summed E-state index contributed by atoms with van der Waals surface area (Å²) in [4.78, 5) is 30.4. The SMILES string of the molecule is Cc1ccc(S(=O)(=O)N(CC(=O)N(Cc2ccccc2)C(Cc2ccccc2)C(=O)NC2CCCC2)c2ccc(C)cc2C)cc1. The molecule has 0 heterocycles. The average Bonchev–Trinajstić information content (AvgIpc) is 3.56. The summed E-state index contributed by atoms with van der Waals surface area (Å²) in [6, 6.07) is 30.5. The lowest BCUT2D eigenvalue weighted by Crippen LogP contribution is -2.54. The number of hydrogen-bond donors (Lipinski definition) is 1. The molecule has 0 saturated heterocycles. The van der Waals surface area contributed by atoms with Crippen molar-refractivity contribution < 1.29 is 18.0 Å². The van der Waals surface area contributed by atoms with Crippen molar-refractivity contribution in [2.45, 2.75) is 76.4 Å². The minimum atomic E-state index is -4.15. The number of amides is 2. The molecule has 46 heavy (non-hydrogen) atoms. The lowest BCUT2D eigenvalue weighted by molar-refractivity contribution is -0.140. The third-order valence-corrected chi connectivity index (χ3v) is 10.5. The van der Waals surface area contributed by atoms with Crippen molar-refractivity contribution in [1.29, 1.82) is 0 Å². The van der Waals surface area contributed by atoms with Gasteiger partial charge in [-0.3, -0.25) is 13.9 Å². The van der Waals surface area contributed by atoms with Crippen LogP contribution in [-0.2, 0) is 32.6 Å². The van der Waals surface area contributed by atoms with Crippen molar-refractivity contribution in [2.24, 2.45) is 0 Å². The molecule has 8 heteroatoms.